The maximum atomic E-state index is 12.5. The van der Waals surface area contributed by atoms with Crippen molar-refractivity contribution in [3.8, 4) is 0 Å². The number of rotatable bonds is 9. The number of hydrogen-bond acceptors (Lipinski definition) is 5. The number of benzene rings is 2. The Morgan fingerprint density at radius 3 is 2.33 bits per heavy atom. The summed E-state index contributed by atoms with van der Waals surface area (Å²) in [5.74, 6) is 1.98. The first-order valence-electron chi connectivity index (χ1n) is 10.7. The fourth-order valence-corrected chi connectivity index (χ4v) is 4.77. The molecule has 2 aromatic carbocycles. The molecule has 30 heavy (non-hydrogen) atoms. The van der Waals surface area contributed by atoms with E-state index in [-0.39, 0.29) is 12.1 Å². The summed E-state index contributed by atoms with van der Waals surface area (Å²) in [7, 11) is 0. The Hall–Kier alpha value is -2.02. The van der Waals surface area contributed by atoms with Crippen molar-refractivity contribution in [3.05, 3.63) is 71.8 Å². The third kappa shape index (κ3) is 7.67. The molecule has 0 spiro atoms. The van der Waals surface area contributed by atoms with Crippen molar-refractivity contribution in [2.45, 2.75) is 56.4 Å². The summed E-state index contributed by atoms with van der Waals surface area (Å²) in [6, 6.07) is 19.2. The number of aliphatic hydroxyl groups is 1. The van der Waals surface area contributed by atoms with Crippen LogP contribution in [0.25, 0.3) is 0 Å². The van der Waals surface area contributed by atoms with Crippen LogP contribution in [0.5, 0.6) is 0 Å². The average molecular weight is 429 g/mol. The molecule has 1 amide bonds. The fraction of sp³-hybridized carbons (Fsp3) is 0.458. The van der Waals surface area contributed by atoms with Crippen LogP contribution in [0.1, 0.15) is 30.4 Å². The number of carbonyl (C=O) groups excluding carboxylic acids is 1. The number of nitrogens with two attached hydrogens (primary N) is 1. The van der Waals surface area contributed by atoms with Gasteiger partial charge in [0, 0.05) is 17.8 Å². The zero-order valence-electron chi connectivity index (χ0n) is 17.3. The molecule has 0 aliphatic carbocycles. The van der Waals surface area contributed by atoms with Gasteiger partial charge < -0.3 is 20.9 Å². The number of thioether (sulfide) groups is 1. The van der Waals surface area contributed by atoms with E-state index in [1.54, 1.807) is 0 Å². The monoisotopic (exact) mass is 428 g/mol. The van der Waals surface area contributed by atoms with E-state index in [0.717, 1.165) is 35.5 Å². The predicted octanol–water partition coefficient (Wildman–Crippen LogP) is 3.54. The lowest BCUT2D eigenvalue weighted by Crippen LogP contribution is -2.45. The lowest BCUT2D eigenvalue weighted by atomic mass is 9.94. The van der Waals surface area contributed by atoms with Crippen LogP contribution in [0.3, 0.4) is 0 Å². The minimum Gasteiger partial charge on any atom is -0.445 e. The van der Waals surface area contributed by atoms with Crippen molar-refractivity contribution in [2.75, 3.05) is 11.5 Å². The molecule has 0 radical (unpaired) electrons. The van der Waals surface area contributed by atoms with E-state index in [1.165, 1.54) is 0 Å². The van der Waals surface area contributed by atoms with Crippen molar-refractivity contribution >= 4 is 17.9 Å². The van der Waals surface area contributed by atoms with Crippen molar-refractivity contribution in [3.63, 3.8) is 0 Å². The quantitative estimate of drug-likeness (QED) is 0.569. The van der Waals surface area contributed by atoms with Crippen LogP contribution in [0.2, 0.25) is 0 Å². The zero-order valence-corrected chi connectivity index (χ0v) is 18.1. The van der Waals surface area contributed by atoms with Crippen LogP contribution in [-0.2, 0) is 17.6 Å². The van der Waals surface area contributed by atoms with Gasteiger partial charge >= 0.3 is 6.09 Å². The summed E-state index contributed by atoms with van der Waals surface area (Å²) in [6.45, 7) is 0. The second-order valence-electron chi connectivity index (χ2n) is 7.93. The molecular formula is C24H32N2O3S. The molecule has 1 aliphatic rings. The van der Waals surface area contributed by atoms with Crippen molar-refractivity contribution < 1.29 is 14.6 Å². The molecule has 1 heterocycles. The summed E-state index contributed by atoms with van der Waals surface area (Å²) < 4.78 is 5.61. The van der Waals surface area contributed by atoms with E-state index < -0.39 is 18.2 Å². The number of alkyl carbamates (subject to hydrolysis) is 1. The van der Waals surface area contributed by atoms with Crippen molar-refractivity contribution in [1.82, 2.24) is 5.32 Å². The number of ether oxygens (including phenoxy) is 1. The Kier molecular flexibility index (Phi) is 9.05. The van der Waals surface area contributed by atoms with Crippen LogP contribution < -0.4 is 11.1 Å². The summed E-state index contributed by atoms with van der Waals surface area (Å²) in [6.07, 6.45) is 2.38. The van der Waals surface area contributed by atoms with Gasteiger partial charge in [-0.2, -0.15) is 11.8 Å². The molecule has 4 atom stereocenters. The van der Waals surface area contributed by atoms with Crippen LogP contribution >= 0.6 is 11.8 Å². The Labute approximate surface area is 183 Å². The first-order chi connectivity index (χ1) is 14.6. The van der Waals surface area contributed by atoms with Gasteiger partial charge in [-0.3, -0.25) is 0 Å². The molecule has 162 valence electrons. The number of carbonyl (C=O) groups is 1. The number of aliphatic hydroxyl groups excluding tert-OH is 1. The molecule has 5 nitrogen and oxygen atoms in total. The van der Waals surface area contributed by atoms with E-state index in [2.05, 4.69) is 5.32 Å². The summed E-state index contributed by atoms with van der Waals surface area (Å²) in [4.78, 5) is 12.5. The second kappa shape index (κ2) is 12.0. The van der Waals surface area contributed by atoms with Crippen LogP contribution in [-0.4, -0.2) is 47.0 Å². The van der Waals surface area contributed by atoms with Gasteiger partial charge in [0.1, 0.15) is 6.10 Å². The molecule has 0 aromatic heterocycles. The smallest absolute Gasteiger partial charge is 0.407 e. The topological polar surface area (TPSA) is 84.6 Å². The number of amides is 1. The summed E-state index contributed by atoms with van der Waals surface area (Å²) >= 11 is 1.82. The third-order valence-electron chi connectivity index (χ3n) is 5.37. The minimum atomic E-state index is -0.732. The van der Waals surface area contributed by atoms with E-state index in [1.807, 2.05) is 72.4 Å². The molecular weight excluding hydrogens is 396 g/mol. The van der Waals surface area contributed by atoms with Gasteiger partial charge in [0.15, 0.2) is 0 Å². The van der Waals surface area contributed by atoms with E-state index in [0.29, 0.717) is 19.3 Å². The highest BCUT2D eigenvalue weighted by atomic mass is 32.2. The molecule has 1 saturated heterocycles. The molecule has 0 bridgehead atoms. The van der Waals surface area contributed by atoms with Crippen LogP contribution in [0.4, 0.5) is 4.79 Å². The molecule has 1 aliphatic heterocycles. The predicted molar refractivity (Wildman–Crippen MR) is 123 cm³/mol. The van der Waals surface area contributed by atoms with E-state index in [4.69, 9.17) is 10.5 Å². The molecule has 0 saturated carbocycles. The van der Waals surface area contributed by atoms with Gasteiger partial charge in [0.2, 0.25) is 0 Å². The molecule has 2 aromatic rings. The minimum absolute atomic E-state index is 0.0358. The fourth-order valence-electron chi connectivity index (χ4n) is 3.74. The van der Waals surface area contributed by atoms with Gasteiger partial charge in [-0.25, -0.2) is 4.79 Å². The van der Waals surface area contributed by atoms with Crippen LogP contribution in [0.15, 0.2) is 60.7 Å². The highest BCUT2D eigenvalue weighted by molar-refractivity contribution is 7.99. The summed E-state index contributed by atoms with van der Waals surface area (Å²) in [5, 5.41) is 13.7. The molecule has 4 N–H and O–H groups in total. The lowest BCUT2D eigenvalue weighted by molar-refractivity contribution is 0.0902. The number of nitrogens with one attached hydrogen (secondary N) is 1. The van der Waals surface area contributed by atoms with E-state index in [9.17, 15) is 9.90 Å². The highest BCUT2D eigenvalue weighted by Gasteiger charge is 2.24. The Balaban J connectivity index is 1.58. The second-order valence-corrected chi connectivity index (χ2v) is 9.08. The van der Waals surface area contributed by atoms with Crippen molar-refractivity contribution in [2.24, 2.45) is 5.73 Å². The first kappa shape index (κ1) is 22.7. The largest absolute Gasteiger partial charge is 0.445 e. The van der Waals surface area contributed by atoms with E-state index >= 15 is 0 Å². The third-order valence-corrected chi connectivity index (χ3v) is 6.56. The average Bonchev–Trinajstić information content (AvgIpc) is 2.75. The zero-order chi connectivity index (χ0) is 21.2. The maximum Gasteiger partial charge on any atom is 0.407 e. The standard InChI is InChI=1S/C24H32N2O3S/c25-22(15-19-10-5-2-6-11-19)23(27)16-20(14-18-8-3-1-4-9-18)26-24(28)29-21-12-7-13-30-17-21/h1-6,8-11,20-23,27H,7,12-17,25H2,(H,26,28)/t20-,21+,22-,23-/m0/s1. The maximum absolute atomic E-state index is 12.5. The molecule has 1 fully saturated rings. The number of hydrogen-bond donors (Lipinski definition) is 3. The normalized spacial score (nSPS) is 19.5. The van der Waals surface area contributed by atoms with Crippen molar-refractivity contribution in [1.29, 1.82) is 0 Å². The van der Waals surface area contributed by atoms with Gasteiger partial charge in [-0.15, -0.1) is 0 Å². The molecule has 3 rings (SSSR count). The van der Waals surface area contributed by atoms with Crippen LogP contribution in [0, 0.1) is 0 Å². The Morgan fingerprint density at radius 2 is 1.73 bits per heavy atom. The Bertz CT molecular complexity index is 754. The SMILES string of the molecule is N[C@@H](Cc1ccccc1)[C@@H](O)C[C@H](Cc1ccccc1)NC(=O)O[C@@H]1CCCSC1. The molecule has 6 heteroatoms. The van der Waals surface area contributed by atoms with Gasteiger partial charge in [-0.1, -0.05) is 60.7 Å². The van der Waals surface area contributed by atoms with Gasteiger partial charge in [-0.05, 0) is 49.0 Å². The lowest BCUT2D eigenvalue weighted by Gasteiger charge is -2.27. The summed E-state index contributed by atoms with van der Waals surface area (Å²) in [5.41, 5.74) is 8.46. The molecule has 0 unspecified atom stereocenters. The van der Waals surface area contributed by atoms with Gasteiger partial charge in [0.25, 0.3) is 0 Å². The Morgan fingerprint density at radius 1 is 1.10 bits per heavy atom. The first-order valence-corrected chi connectivity index (χ1v) is 11.8. The van der Waals surface area contributed by atoms with Gasteiger partial charge in [0.05, 0.1) is 6.10 Å². The highest BCUT2D eigenvalue weighted by Crippen LogP contribution is 2.20.